The van der Waals surface area contributed by atoms with Crippen molar-refractivity contribution in [3.63, 3.8) is 0 Å². The Morgan fingerprint density at radius 1 is 1.08 bits per heavy atom. The Morgan fingerprint density at radius 2 is 1.50 bits per heavy atom. The van der Waals surface area contributed by atoms with E-state index in [1.807, 2.05) is 0 Å². The lowest BCUT2D eigenvalue weighted by Crippen LogP contribution is -1.92. The fourth-order valence-corrected chi connectivity index (χ4v) is 3.10. The molecule has 73 valence electrons. The van der Waals surface area contributed by atoms with E-state index in [1.54, 1.807) is 0 Å². The average Bonchev–Trinajstić information content (AvgIpc) is 2.04. The molecule has 0 aliphatic carbocycles. The van der Waals surface area contributed by atoms with Gasteiger partial charge in [-0.2, -0.15) is 0 Å². The van der Waals surface area contributed by atoms with Crippen LogP contribution in [0.3, 0.4) is 0 Å². The van der Waals surface area contributed by atoms with Crippen LogP contribution in [-0.4, -0.2) is 26.2 Å². The monoisotopic (exact) mass is 217 g/mol. The maximum absolute atomic E-state index is 11.2. The fourth-order valence-electron chi connectivity index (χ4n) is 0.395. The van der Waals surface area contributed by atoms with Gasteiger partial charge >= 0.3 is 15.2 Å². The summed E-state index contributed by atoms with van der Waals surface area (Å²) in [6.07, 6.45) is 0. The van der Waals surface area contributed by atoms with E-state index in [4.69, 9.17) is 4.89 Å². The Balaban J connectivity index is 4.42. The summed E-state index contributed by atoms with van der Waals surface area (Å²) >= 11 is 0. The van der Waals surface area contributed by atoms with Crippen LogP contribution < -0.4 is 0 Å². The highest BCUT2D eigenvalue weighted by molar-refractivity contribution is 7.74. The first-order valence-corrected chi connectivity index (χ1v) is 6.11. The molecule has 0 bridgehead atoms. The summed E-state index contributed by atoms with van der Waals surface area (Å²) in [5, 5.41) is 0. The summed E-state index contributed by atoms with van der Waals surface area (Å²) in [5.41, 5.74) is 0. The minimum absolute atomic E-state index is 0.542. The quantitative estimate of drug-likeness (QED) is 0.701. The van der Waals surface area contributed by atoms with Crippen LogP contribution in [0.25, 0.3) is 0 Å². The minimum Gasteiger partial charge on any atom is -0.324 e. The molecule has 0 aromatic rings. The lowest BCUT2D eigenvalue weighted by Gasteiger charge is -2.15. The molecule has 12 heavy (non-hydrogen) atoms. The SMILES string of the molecule is COP(=O)(O)[CH]P(=O)(OC)OC. The van der Waals surface area contributed by atoms with Crippen molar-refractivity contribution in [3.8, 4) is 0 Å². The lowest BCUT2D eigenvalue weighted by atomic mass is 11.8. The molecule has 6 nitrogen and oxygen atoms in total. The molecule has 0 aliphatic rings. The van der Waals surface area contributed by atoms with Gasteiger partial charge in [0.2, 0.25) is 0 Å². The smallest absolute Gasteiger partial charge is 0.324 e. The summed E-state index contributed by atoms with van der Waals surface area (Å²) in [6.45, 7) is 0. The predicted molar refractivity (Wildman–Crippen MR) is 42.8 cm³/mol. The van der Waals surface area contributed by atoms with E-state index in [0.717, 1.165) is 21.3 Å². The number of hydrogen-bond acceptors (Lipinski definition) is 5. The molecule has 0 aromatic heterocycles. The second kappa shape index (κ2) is 4.51. The van der Waals surface area contributed by atoms with Crippen LogP contribution in [0.1, 0.15) is 0 Å². The van der Waals surface area contributed by atoms with Gasteiger partial charge in [-0.15, -0.1) is 0 Å². The van der Waals surface area contributed by atoms with Gasteiger partial charge in [-0.25, -0.2) is 0 Å². The second-order valence-electron chi connectivity index (χ2n) is 1.77. The Labute approximate surface area is 70.9 Å². The molecule has 0 rings (SSSR count). The van der Waals surface area contributed by atoms with Crippen LogP contribution in [0.4, 0.5) is 0 Å². The van der Waals surface area contributed by atoms with E-state index in [1.165, 1.54) is 0 Å². The standard InChI is InChI=1S/C4H11O6P2/c1-8-11(5,6)4-12(7,9-2)10-3/h4H,1-3H3,(H,5,6). The van der Waals surface area contributed by atoms with Crippen molar-refractivity contribution < 1.29 is 27.6 Å². The van der Waals surface area contributed by atoms with Gasteiger partial charge in [-0.1, -0.05) is 0 Å². The van der Waals surface area contributed by atoms with Crippen molar-refractivity contribution in [1.82, 2.24) is 0 Å². The third-order valence-electron chi connectivity index (χ3n) is 1.06. The summed E-state index contributed by atoms with van der Waals surface area (Å²) in [5.74, 6) is 0.542. The van der Waals surface area contributed by atoms with Gasteiger partial charge in [0.15, 0.2) is 5.90 Å². The van der Waals surface area contributed by atoms with Crippen LogP contribution in [0.2, 0.25) is 0 Å². The van der Waals surface area contributed by atoms with Crippen LogP contribution in [-0.2, 0) is 22.7 Å². The molecule has 0 aliphatic heterocycles. The summed E-state index contributed by atoms with van der Waals surface area (Å²) in [7, 11) is -4.31. The summed E-state index contributed by atoms with van der Waals surface area (Å²) in [4.78, 5) is 8.87. The molecule has 0 spiro atoms. The molecule has 1 radical (unpaired) electrons. The Kier molecular flexibility index (Phi) is 4.62. The van der Waals surface area contributed by atoms with Crippen LogP contribution >= 0.6 is 15.2 Å². The van der Waals surface area contributed by atoms with Crippen molar-refractivity contribution in [2.24, 2.45) is 0 Å². The molecule has 8 heteroatoms. The maximum atomic E-state index is 11.2. The first-order chi connectivity index (χ1) is 5.39. The lowest BCUT2D eigenvalue weighted by molar-refractivity contribution is 0.278. The zero-order valence-electron chi connectivity index (χ0n) is 6.96. The van der Waals surface area contributed by atoms with Gasteiger partial charge in [0.25, 0.3) is 0 Å². The van der Waals surface area contributed by atoms with E-state index in [-0.39, 0.29) is 0 Å². The highest BCUT2D eigenvalue weighted by Crippen LogP contribution is 2.64. The third-order valence-corrected chi connectivity index (χ3v) is 4.90. The molecule has 0 aromatic carbocycles. The Morgan fingerprint density at radius 3 is 1.75 bits per heavy atom. The molecule has 0 heterocycles. The van der Waals surface area contributed by atoms with E-state index >= 15 is 0 Å². The first kappa shape index (κ1) is 12.3. The minimum atomic E-state index is -3.97. The molecular weight excluding hydrogens is 206 g/mol. The molecule has 0 saturated heterocycles. The van der Waals surface area contributed by atoms with Crippen molar-refractivity contribution >= 4 is 15.2 Å². The molecule has 1 atom stereocenters. The van der Waals surface area contributed by atoms with Crippen molar-refractivity contribution in [2.45, 2.75) is 0 Å². The van der Waals surface area contributed by atoms with Crippen LogP contribution in [0.5, 0.6) is 0 Å². The largest absolute Gasteiger partial charge is 0.346 e. The Bertz CT molecular complexity index is 218. The topological polar surface area (TPSA) is 82.1 Å². The highest BCUT2D eigenvalue weighted by atomic mass is 31.2. The number of rotatable bonds is 5. The third kappa shape index (κ3) is 3.81. The predicted octanol–water partition coefficient (Wildman–Crippen LogP) is 1.42. The average molecular weight is 217 g/mol. The summed E-state index contributed by atoms with van der Waals surface area (Å²) < 4.78 is 35.0. The van der Waals surface area contributed by atoms with Gasteiger partial charge in [-0.3, -0.25) is 9.13 Å². The van der Waals surface area contributed by atoms with Gasteiger partial charge < -0.3 is 18.5 Å². The van der Waals surface area contributed by atoms with Crippen molar-refractivity contribution in [1.29, 1.82) is 0 Å². The van der Waals surface area contributed by atoms with Gasteiger partial charge in [0.05, 0.1) is 0 Å². The molecule has 1 N–H and O–H groups in total. The molecule has 0 saturated carbocycles. The zero-order valence-corrected chi connectivity index (χ0v) is 8.75. The molecular formula is C4H11O6P2. The van der Waals surface area contributed by atoms with Crippen LogP contribution in [0.15, 0.2) is 0 Å². The molecule has 0 amide bonds. The first-order valence-electron chi connectivity index (χ1n) is 2.85. The molecule has 0 fully saturated rings. The normalized spacial score (nSPS) is 17.3. The summed E-state index contributed by atoms with van der Waals surface area (Å²) in [6, 6.07) is 0. The highest BCUT2D eigenvalue weighted by Gasteiger charge is 2.34. The van der Waals surface area contributed by atoms with Crippen molar-refractivity contribution in [2.75, 3.05) is 21.3 Å². The zero-order chi connectivity index (χ0) is 9.83. The Hall–Kier alpha value is 0.300. The molecule has 1 unspecified atom stereocenters. The number of hydrogen-bond donors (Lipinski definition) is 1. The van der Waals surface area contributed by atoms with E-state index in [0.29, 0.717) is 5.90 Å². The fraction of sp³-hybridized carbons (Fsp3) is 0.750. The van der Waals surface area contributed by atoms with Gasteiger partial charge in [0, 0.05) is 21.3 Å². The van der Waals surface area contributed by atoms with Gasteiger partial charge in [-0.05, 0) is 0 Å². The van der Waals surface area contributed by atoms with E-state index < -0.39 is 15.2 Å². The maximum Gasteiger partial charge on any atom is 0.346 e. The van der Waals surface area contributed by atoms with E-state index in [9.17, 15) is 9.13 Å². The van der Waals surface area contributed by atoms with Crippen LogP contribution in [0, 0.1) is 5.90 Å². The second-order valence-corrected chi connectivity index (χ2v) is 5.99. The van der Waals surface area contributed by atoms with E-state index in [2.05, 4.69) is 13.6 Å². The van der Waals surface area contributed by atoms with Crippen molar-refractivity contribution in [3.05, 3.63) is 5.90 Å². The van der Waals surface area contributed by atoms with Gasteiger partial charge in [0.1, 0.15) is 0 Å².